The van der Waals surface area contributed by atoms with Crippen LogP contribution in [0.4, 0.5) is 0 Å². The van der Waals surface area contributed by atoms with Crippen LogP contribution in [0.15, 0.2) is 0 Å². The summed E-state index contributed by atoms with van der Waals surface area (Å²) in [6.07, 6.45) is 26.8. The molecule has 0 radical (unpaired) electrons. The molecule has 0 aromatic heterocycles. The fourth-order valence-corrected chi connectivity index (χ4v) is 4.55. The molecule has 0 atom stereocenters. The van der Waals surface area contributed by atoms with Crippen molar-refractivity contribution < 1.29 is 0 Å². The van der Waals surface area contributed by atoms with Gasteiger partial charge in [0.2, 0.25) is 0 Å². The van der Waals surface area contributed by atoms with Gasteiger partial charge in [-0.2, -0.15) is 0 Å². The third-order valence-electron chi connectivity index (χ3n) is 4.70. The third kappa shape index (κ3) is 20.8. The second kappa shape index (κ2) is 21.8. The summed E-state index contributed by atoms with van der Waals surface area (Å²) in [5.74, 6) is 0. The molecule has 22 heavy (non-hydrogen) atoms. The first kappa shape index (κ1) is 22.8. The average molecular weight is 424 g/mol. The summed E-state index contributed by atoms with van der Waals surface area (Å²) in [7, 11) is 0. The fraction of sp³-hybridized carbons (Fsp3) is 1.00. The molecule has 0 aromatic carbocycles. The van der Waals surface area contributed by atoms with Crippen LogP contribution in [0.2, 0.25) is 9.44 Å². The maximum atomic E-state index is 2.43. The van der Waals surface area contributed by atoms with Crippen LogP contribution in [0.25, 0.3) is 0 Å². The zero-order chi connectivity index (χ0) is 16.1. The van der Waals surface area contributed by atoms with Gasteiger partial charge in [-0.15, -0.1) is 0 Å². The molecule has 0 rings (SSSR count). The molecule has 0 spiro atoms. The van der Waals surface area contributed by atoms with Gasteiger partial charge < -0.3 is 0 Å². The average Bonchev–Trinajstić information content (AvgIpc) is 2.54. The van der Waals surface area contributed by atoms with Crippen molar-refractivity contribution in [1.29, 1.82) is 0 Å². The first-order valence-electron chi connectivity index (χ1n) is 10.4. The van der Waals surface area contributed by atoms with Crippen molar-refractivity contribution in [1.82, 2.24) is 0 Å². The topological polar surface area (TPSA) is 0 Å². The molecular formula is C21H44Te. The van der Waals surface area contributed by atoms with Crippen LogP contribution in [-0.2, 0) is 0 Å². The van der Waals surface area contributed by atoms with E-state index in [9.17, 15) is 0 Å². The monoisotopic (exact) mass is 426 g/mol. The van der Waals surface area contributed by atoms with Gasteiger partial charge in [0.25, 0.3) is 0 Å². The van der Waals surface area contributed by atoms with Gasteiger partial charge in [-0.3, -0.25) is 0 Å². The summed E-state index contributed by atoms with van der Waals surface area (Å²) in [5.41, 5.74) is 0. The predicted octanol–water partition coefficient (Wildman–Crippen LogP) is 8.20. The minimum atomic E-state index is 0.413. The molecule has 0 aliphatic rings. The van der Waals surface area contributed by atoms with Crippen LogP contribution in [0.3, 0.4) is 0 Å². The molecule has 0 amide bonds. The van der Waals surface area contributed by atoms with Gasteiger partial charge in [-0.1, -0.05) is 51.9 Å². The minimum absolute atomic E-state index is 0.413. The van der Waals surface area contributed by atoms with Gasteiger partial charge in [-0.05, 0) is 0 Å². The van der Waals surface area contributed by atoms with Crippen molar-refractivity contribution in [3.63, 3.8) is 0 Å². The molecule has 0 N–H and O–H groups in total. The van der Waals surface area contributed by atoms with Gasteiger partial charge in [-0.25, -0.2) is 0 Å². The zero-order valence-corrected chi connectivity index (χ0v) is 18.2. The number of rotatable bonds is 19. The molecule has 0 saturated carbocycles. The Morgan fingerprint density at radius 1 is 0.409 bits per heavy atom. The number of hydrogen-bond donors (Lipinski definition) is 0. The molecule has 134 valence electrons. The summed E-state index contributed by atoms with van der Waals surface area (Å²) >= 11 is 0.413. The second-order valence-electron chi connectivity index (χ2n) is 7.00. The van der Waals surface area contributed by atoms with Crippen LogP contribution >= 0.6 is 0 Å². The Balaban J connectivity index is 2.91. The normalized spacial score (nSPS) is 11.2. The number of unbranched alkanes of at least 4 members (excludes halogenated alkanes) is 17. The Hall–Kier alpha value is 0.790. The van der Waals surface area contributed by atoms with E-state index in [1.54, 1.807) is 4.47 Å². The van der Waals surface area contributed by atoms with Gasteiger partial charge >= 0.3 is 101 Å². The van der Waals surface area contributed by atoms with Crippen LogP contribution in [-0.4, -0.2) is 20.9 Å². The molecule has 1 heteroatoms. The molecule has 0 aliphatic heterocycles. The standard InChI is InChI=1S/C21H44Te/c1-3-4-5-6-7-8-9-10-11-12-13-14-15-16-17-18-19-20-21-22-2/h3-21H2,1-2H3. The van der Waals surface area contributed by atoms with E-state index >= 15 is 0 Å². The maximum absolute atomic E-state index is 2.43. The van der Waals surface area contributed by atoms with Gasteiger partial charge in [0.15, 0.2) is 0 Å². The molecule has 0 aliphatic carbocycles. The summed E-state index contributed by atoms with van der Waals surface area (Å²) in [4.78, 5) is 2.43. The van der Waals surface area contributed by atoms with Crippen molar-refractivity contribution >= 4 is 20.9 Å². The number of hydrogen-bond acceptors (Lipinski definition) is 0. The predicted molar refractivity (Wildman–Crippen MR) is 105 cm³/mol. The third-order valence-corrected chi connectivity index (χ3v) is 6.69. The van der Waals surface area contributed by atoms with E-state index < -0.39 is 0 Å². The molecule has 0 aromatic rings. The Kier molecular flexibility index (Phi) is 22.6. The first-order valence-corrected chi connectivity index (χ1v) is 14.4. The summed E-state index contributed by atoms with van der Waals surface area (Å²) < 4.78 is 1.57. The van der Waals surface area contributed by atoms with Crippen molar-refractivity contribution in [3.8, 4) is 0 Å². The Morgan fingerprint density at radius 2 is 0.682 bits per heavy atom. The van der Waals surface area contributed by atoms with E-state index in [4.69, 9.17) is 0 Å². The van der Waals surface area contributed by atoms with Crippen LogP contribution in [0.5, 0.6) is 0 Å². The fourth-order valence-electron chi connectivity index (χ4n) is 3.15. The molecule has 0 fully saturated rings. The van der Waals surface area contributed by atoms with E-state index in [0.717, 1.165) is 0 Å². The van der Waals surface area contributed by atoms with Crippen molar-refractivity contribution in [2.75, 3.05) is 0 Å². The Morgan fingerprint density at radius 3 is 0.955 bits per heavy atom. The van der Waals surface area contributed by atoms with Crippen molar-refractivity contribution in [2.45, 2.75) is 132 Å². The van der Waals surface area contributed by atoms with E-state index in [1.807, 2.05) is 0 Å². The molecule has 0 nitrogen and oxygen atoms in total. The van der Waals surface area contributed by atoms with Crippen LogP contribution in [0.1, 0.15) is 122 Å². The van der Waals surface area contributed by atoms with Gasteiger partial charge in [0.1, 0.15) is 0 Å². The van der Waals surface area contributed by atoms with Crippen LogP contribution < -0.4 is 0 Å². The second-order valence-corrected chi connectivity index (χ2v) is 9.82. The first-order chi connectivity index (χ1) is 10.9. The molecular weight excluding hydrogens is 380 g/mol. The SMILES string of the molecule is CCCCCCCCCCCCCCCCCCCC[Te]C. The van der Waals surface area contributed by atoms with E-state index in [0.29, 0.717) is 20.9 Å². The Bertz CT molecular complexity index is 159. The van der Waals surface area contributed by atoms with E-state index in [1.165, 1.54) is 116 Å². The Labute approximate surface area is 152 Å². The van der Waals surface area contributed by atoms with E-state index in [-0.39, 0.29) is 0 Å². The van der Waals surface area contributed by atoms with Crippen molar-refractivity contribution in [2.24, 2.45) is 0 Å². The summed E-state index contributed by atoms with van der Waals surface area (Å²) in [6, 6.07) is 0. The quantitative estimate of drug-likeness (QED) is 0.145. The van der Waals surface area contributed by atoms with Crippen molar-refractivity contribution in [3.05, 3.63) is 0 Å². The molecule has 0 bridgehead atoms. The van der Waals surface area contributed by atoms with Gasteiger partial charge in [0, 0.05) is 0 Å². The summed E-state index contributed by atoms with van der Waals surface area (Å²) in [6.45, 7) is 2.30. The van der Waals surface area contributed by atoms with Gasteiger partial charge in [0.05, 0.1) is 0 Å². The van der Waals surface area contributed by atoms with Crippen LogP contribution in [0, 0.1) is 0 Å². The molecule has 0 heterocycles. The zero-order valence-electron chi connectivity index (χ0n) is 15.8. The van der Waals surface area contributed by atoms with E-state index in [2.05, 4.69) is 11.9 Å². The summed E-state index contributed by atoms with van der Waals surface area (Å²) in [5, 5.41) is 0. The molecule has 0 saturated heterocycles. The molecule has 0 unspecified atom stereocenters.